The van der Waals surface area contributed by atoms with Crippen LogP contribution in [0.25, 0.3) is 0 Å². The number of para-hydroxylation sites is 1. The number of nitrogens with zero attached hydrogens (tertiary/aromatic N) is 1. The first-order valence-electron chi connectivity index (χ1n) is 6.10. The van der Waals surface area contributed by atoms with E-state index >= 15 is 0 Å². The summed E-state index contributed by atoms with van der Waals surface area (Å²) in [5, 5.41) is 0. The van der Waals surface area contributed by atoms with Crippen LogP contribution < -0.4 is 4.74 Å². The Labute approximate surface area is 112 Å². The molecule has 0 saturated heterocycles. The fourth-order valence-corrected chi connectivity index (χ4v) is 2.32. The molecule has 2 rings (SSSR count). The normalized spacial score (nSPS) is 10.2. The summed E-state index contributed by atoms with van der Waals surface area (Å²) in [6, 6.07) is 16.0. The summed E-state index contributed by atoms with van der Waals surface area (Å²) < 4.78 is 5.62. The van der Waals surface area contributed by atoms with Crippen LogP contribution in [0.15, 0.2) is 54.7 Å². The monoisotopic (exact) mass is 259 g/mol. The van der Waals surface area contributed by atoms with Gasteiger partial charge in [0, 0.05) is 17.6 Å². The van der Waals surface area contributed by atoms with Gasteiger partial charge in [0.25, 0.3) is 0 Å². The standard InChI is InChI=1S/C15H17NOS/c1-2-7-15(8-3-1)17-11-13-18-12-9-14-6-4-5-10-16-14/h1-8,10H,9,11-13H2. The Kier molecular flexibility index (Phi) is 5.60. The third-order valence-corrected chi connectivity index (χ3v) is 3.42. The summed E-state index contributed by atoms with van der Waals surface area (Å²) in [5.41, 5.74) is 1.16. The highest BCUT2D eigenvalue weighted by Gasteiger charge is 1.95. The molecule has 3 heteroatoms. The average Bonchev–Trinajstić information content (AvgIpc) is 2.45. The molecule has 94 valence electrons. The molecule has 0 aliphatic carbocycles. The van der Waals surface area contributed by atoms with Gasteiger partial charge in [0.1, 0.15) is 5.75 Å². The van der Waals surface area contributed by atoms with Crippen molar-refractivity contribution in [1.82, 2.24) is 4.98 Å². The molecule has 0 aliphatic heterocycles. The Morgan fingerprint density at radius 1 is 0.944 bits per heavy atom. The molecular formula is C15H17NOS. The number of hydrogen-bond acceptors (Lipinski definition) is 3. The number of aromatic nitrogens is 1. The first-order valence-corrected chi connectivity index (χ1v) is 7.26. The van der Waals surface area contributed by atoms with Gasteiger partial charge in [-0.05, 0) is 36.4 Å². The van der Waals surface area contributed by atoms with E-state index in [9.17, 15) is 0 Å². The number of benzene rings is 1. The van der Waals surface area contributed by atoms with E-state index in [1.54, 1.807) is 0 Å². The van der Waals surface area contributed by atoms with Crippen LogP contribution in [0.5, 0.6) is 5.75 Å². The van der Waals surface area contributed by atoms with E-state index in [0.29, 0.717) is 0 Å². The molecule has 0 atom stereocenters. The van der Waals surface area contributed by atoms with E-state index in [0.717, 1.165) is 36.0 Å². The van der Waals surface area contributed by atoms with Crippen molar-refractivity contribution in [1.29, 1.82) is 0 Å². The van der Waals surface area contributed by atoms with Crippen molar-refractivity contribution >= 4 is 11.8 Å². The zero-order chi connectivity index (χ0) is 12.5. The third kappa shape index (κ3) is 4.80. The van der Waals surface area contributed by atoms with Gasteiger partial charge in [-0.25, -0.2) is 0 Å². The number of hydrogen-bond donors (Lipinski definition) is 0. The molecule has 0 saturated carbocycles. The highest BCUT2D eigenvalue weighted by atomic mass is 32.2. The predicted octanol–water partition coefficient (Wildman–Crippen LogP) is 3.44. The Bertz CT molecular complexity index is 389. The minimum Gasteiger partial charge on any atom is -0.493 e. The van der Waals surface area contributed by atoms with Crippen LogP contribution in [-0.4, -0.2) is 23.1 Å². The van der Waals surface area contributed by atoms with E-state index in [4.69, 9.17) is 4.74 Å². The summed E-state index contributed by atoms with van der Waals surface area (Å²) >= 11 is 1.90. The lowest BCUT2D eigenvalue weighted by Crippen LogP contribution is -2.01. The molecule has 0 N–H and O–H groups in total. The lowest BCUT2D eigenvalue weighted by Gasteiger charge is -2.05. The molecule has 0 unspecified atom stereocenters. The van der Waals surface area contributed by atoms with Crippen LogP contribution in [0.1, 0.15) is 5.69 Å². The highest BCUT2D eigenvalue weighted by Crippen LogP contribution is 2.10. The quantitative estimate of drug-likeness (QED) is 0.711. The second-order valence-corrected chi connectivity index (χ2v) is 5.07. The molecule has 0 fully saturated rings. The van der Waals surface area contributed by atoms with Crippen LogP contribution in [0.3, 0.4) is 0 Å². The Balaban J connectivity index is 1.54. The summed E-state index contributed by atoms with van der Waals surface area (Å²) in [4.78, 5) is 4.30. The Morgan fingerprint density at radius 2 is 1.78 bits per heavy atom. The van der Waals surface area contributed by atoms with Gasteiger partial charge in [0.15, 0.2) is 0 Å². The molecule has 18 heavy (non-hydrogen) atoms. The Hall–Kier alpha value is -1.48. The molecular weight excluding hydrogens is 242 g/mol. The zero-order valence-electron chi connectivity index (χ0n) is 10.3. The molecule has 2 aromatic rings. The van der Waals surface area contributed by atoms with Gasteiger partial charge < -0.3 is 4.74 Å². The third-order valence-electron chi connectivity index (χ3n) is 2.47. The minimum atomic E-state index is 0.761. The zero-order valence-corrected chi connectivity index (χ0v) is 11.1. The van der Waals surface area contributed by atoms with Crippen LogP contribution in [0.4, 0.5) is 0 Å². The van der Waals surface area contributed by atoms with Crippen molar-refractivity contribution in [2.45, 2.75) is 6.42 Å². The SMILES string of the molecule is c1ccc(OCCSCCc2ccccn2)cc1. The second kappa shape index (κ2) is 7.77. The van der Waals surface area contributed by atoms with E-state index in [-0.39, 0.29) is 0 Å². The largest absolute Gasteiger partial charge is 0.493 e. The van der Waals surface area contributed by atoms with Crippen molar-refractivity contribution in [3.05, 3.63) is 60.4 Å². The smallest absolute Gasteiger partial charge is 0.119 e. The van der Waals surface area contributed by atoms with Crippen molar-refractivity contribution in [3.8, 4) is 5.75 Å². The van der Waals surface area contributed by atoms with E-state index < -0.39 is 0 Å². The molecule has 0 radical (unpaired) electrons. The fraction of sp³-hybridized carbons (Fsp3) is 0.267. The maximum atomic E-state index is 5.62. The summed E-state index contributed by atoms with van der Waals surface area (Å²) in [7, 11) is 0. The fourth-order valence-electron chi connectivity index (χ4n) is 1.56. The van der Waals surface area contributed by atoms with Crippen molar-refractivity contribution in [2.24, 2.45) is 0 Å². The van der Waals surface area contributed by atoms with Crippen LogP contribution >= 0.6 is 11.8 Å². The van der Waals surface area contributed by atoms with Gasteiger partial charge >= 0.3 is 0 Å². The molecule has 0 aliphatic rings. The van der Waals surface area contributed by atoms with Gasteiger partial charge in [-0.15, -0.1) is 0 Å². The molecule has 2 nitrogen and oxygen atoms in total. The van der Waals surface area contributed by atoms with E-state index in [1.807, 2.05) is 60.4 Å². The molecule has 1 aromatic heterocycles. The number of thioether (sulfide) groups is 1. The summed E-state index contributed by atoms with van der Waals surface area (Å²) in [6.07, 6.45) is 2.87. The lowest BCUT2D eigenvalue weighted by molar-refractivity contribution is 0.344. The number of ether oxygens (including phenoxy) is 1. The van der Waals surface area contributed by atoms with Crippen LogP contribution in [0, 0.1) is 0 Å². The minimum absolute atomic E-state index is 0.761. The second-order valence-electron chi connectivity index (χ2n) is 3.84. The highest BCUT2D eigenvalue weighted by molar-refractivity contribution is 7.99. The van der Waals surface area contributed by atoms with Crippen molar-refractivity contribution in [3.63, 3.8) is 0 Å². The van der Waals surface area contributed by atoms with Gasteiger partial charge in [-0.2, -0.15) is 11.8 Å². The number of aryl methyl sites for hydroxylation is 1. The van der Waals surface area contributed by atoms with Crippen LogP contribution in [-0.2, 0) is 6.42 Å². The molecule has 1 heterocycles. The molecule has 0 bridgehead atoms. The summed E-state index contributed by atoms with van der Waals surface area (Å²) in [5.74, 6) is 3.06. The van der Waals surface area contributed by atoms with Crippen LogP contribution in [0.2, 0.25) is 0 Å². The van der Waals surface area contributed by atoms with Crippen molar-refractivity contribution < 1.29 is 4.74 Å². The lowest BCUT2D eigenvalue weighted by atomic mass is 10.3. The molecule has 0 amide bonds. The van der Waals surface area contributed by atoms with Gasteiger partial charge in [-0.1, -0.05) is 24.3 Å². The van der Waals surface area contributed by atoms with E-state index in [2.05, 4.69) is 11.1 Å². The predicted molar refractivity (Wildman–Crippen MR) is 77.2 cm³/mol. The first-order chi connectivity index (χ1) is 8.95. The topological polar surface area (TPSA) is 22.1 Å². The molecule has 1 aromatic carbocycles. The van der Waals surface area contributed by atoms with Gasteiger partial charge in [-0.3, -0.25) is 4.98 Å². The maximum absolute atomic E-state index is 5.62. The first kappa shape index (κ1) is 13.0. The maximum Gasteiger partial charge on any atom is 0.119 e. The summed E-state index contributed by atoms with van der Waals surface area (Å²) in [6.45, 7) is 0.761. The average molecular weight is 259 g/mol. The Morgan fingerprint density at radius 3 is 2.56 bits per heavy atom. The van der Waals surface area contributed by atoms with E-state index in [1.165, 1.54) is 0 Å². The molecule has 0 spiro atoms. The van der Waals surface area contributed by atoms with Crippen molar-refractivity contribution in [2.75, 3.05) is 18.1 Å². The number of rotatable bonds is 7. The van der Waals surface area contributed by atoms with Gasteiger partial charge in [0.2, 0.25) is 0 Å². The van der Waals surface area contributed by atoms with Gasteiger partial charge in [0.05, 0.1) is 6.61 Å². The number of pyridine rings is 1.